The minimum absolute atomic E-state index is 0.0623. The number of pyridine rings is 1. The number of aromatic nitrogens is 1. The van der Waals surface area contributed by atoms with Crippen LogP contribution in [0.4, 0.5) is 5.69 Å². The van der Waals surface area contributed by atoms with Crippen LogP contribution in [0.3, 0.4) is 0 Å². The number of benzene rings is 2. The van der Waals surface area contributed by atoms with Gasteiger partial charge in [0.1, 0.15) is 5.03 Å². The van der Waals surface area contributed by atoms with Crippen LogP contribution in [-0.4, -0.2) is 25.4 Å². The molecule has 0 atom stereocenters. The number of hydrogen-bond donors (Lipinski definition) is 2. The molecule has 0 radical (unpaired) electrons. The Labute approximate surface area is 187 Å². The van der Waals surface area contributed by atoms with Crippen LogP contribution in [-0.2, 0) is 10.0 Å². The van der Waals surface area contributed by atoms with Gasteiger partial charge in [0.05, 0.1) is 10.5 Å². The van der Waals surface area contributed by atoms with Crippen LogP contribution >= 0.6 is 11.8 Å². The van der Waals surface area contributed by atoms with Crippen molar-refractivity contribution in [3.63, 3.8) is 0 Å². The number of rotatable bonds is 7. The zero-order chi connectivity index (χ0) is 22.6. The fourth-order valence-electron chi connectivity index (χ4n) is 2.84. The van der Waals surface area contributed by atoms with Crippen molar-refractivity contribution in [2.24, 2.45) is 0 Å². The molecule has 31 heavy (non-hydrogen) atoms. The molecule has 0 aliphatic carbocycles. The molecule has 0 fully saturated rings. The van der Waals surface area contributed by atoms with Crippen LogP contribution in [0.5, 0.6) is 0 Å². The second-order valence-electron chi connectivity index (χ2n) is 7.51. The zero-order valence-corrected chi connectivity index (χ0v) is 19.5. The van der Waals surface area contributed by atoms with Gasteiger partial charge >= 0.3 is 0 Å². The number of aryl methyl sites for hydroxylation is 2. The van der Waals surface area contributed by atoms with Gasteiger partial charge < -0.3 is 5.32 Å². The Morgan fingerprint density at radius 3 is 2.32 bits per heavy atom. The third-order valence-corrected chi connectivity index (χ3v) is 6.86. The quantitative estimate of drug-likeness (QED) is 0.535. The number of sulfonamides is 1. The number of carbonyl (C=O) groups excluding carboxylic acids is 1. The van der Waals surface area contributed by atoms with Gasteiger partial charge in [0, 0.05) is 22.8 Å². The van der Waals surface area contributed by atoms with E-state index in [-0.39, 0.29) is 16.8 Å². The van der Waals surface area contributed by atoms with Gasteiger partial charge in [0.25, 0.3) is 15.9 Å². The molecule has 162 valence electrons. The van der Waals surface area contributed by atoms with E-state index in [1.165, 1.54) is 11.8 Å². The highest BCUT2D eigenvalue weighted by atomic mass is 32.2. The van der Waals surface area contributed by atoms with E-state index in [0.717, 1.165) is 15.5 Å². The first kappa shape index (κ1) is 22.8. The topological polar surface area (TPSA) is 88.2 Å². The molecule has 8 heteroatoms. The van der Waals surface area contributed by atoms with Gasteiger partial charge in [-0.25, -0.2) is 13.4 Å². The summed E-state index contributed by atoms with van der Waals surface area (Å²) in [7, 11) is -3.67. The fourth-order valence-corrected chi connectivity index (χ4v) is 4.98. The smallest absolute Gasteiger partial charge is 0.262 e. The van der Waals surface area contributed by atoms with E-state index in [4.69, 9.17) is 0 Å². The van der Waals surface area contributed by atoms with Crippen molar-refractivity contribution >= 4 is 33.4 Å². The van der Waals surface area contributed by atoms with Crippen LogP contribution in [0.15, 0.2) is 75.6 Å². The second kappa shape index (κ2) is 9.53. The highest BCUT2D eigenvalue weighted by Crippen LogP contribution is 2.28. The molecule has 0 saturated carbocycles. The molecule has 2 aromatic carbocycles. The van der Waals surface area contributed by atoms with Crippen molar-refractivity contribution in [1.29, 1.82) is 0 Å². The van der Waals surface area contributed by atoms with Gasteiger partial charge in [-0.1, -0.05) is 23.9 Å². The van der Waals surface area contributed by atoms with E-state index in [0.29, 0.717) is 16.8 Å². The molecule has 6 nitrogen and oxygen atoms in total. The third kappa shape index (κ3) is 6.08. The lowest BCUT2D eigenvalue weighted by atomic mass is 10.2. The second-order valence-corrected chi connectivity index (χ2v) is 10.3. The molecule has 0 unspecified atom stereocenters. The Bertz CT molecular complexity index is 1170. The Morgan fingerprint density at radius 2 is 1.71 bits per heavy atom. The van der Waals surface area contributed by atoms with Crippen molar-refractivity contribution in [2.45, 2.75) is 48.6 Å². The maximum absolute atomic E-state index is 12.7. The summed E-state index contributed by atoms with van der Waals surface area (Å²) in [5.74, 6) is -0.153. The van der Waals surface area contributed by atoms with E-state index < -0.39 is 10.0 Å². The fraction of sp³-hybridized carbons (Fsp3) is 0.217. The van der Waals surface area contributed by atoms with E-state index in [9.17, 15) is 13.2 Å². The lowest BCUT2D eigenvalue weighted by Crippen LogP contribution is -2.30. The van der Waals surface area contributed by atoms with Crippen molar-refractivity contribution in [2.75, 3.05) is 4.72 Å². The molecule has 0 aliphatic heterocycles. The molecule has 1 amide bonds. The Kier molecular flexibility index (Phi) is 7.02. The molecule has 1 aromatic heterocycles. The largest absolute Gasteiger partial charge is 0.350 e. The molecule has 0 aliphatic rings. The molecule has 3 aromatic rings. The first-order valence-corrected chi connectivity index (χ1v) is 12.1. The summed E-state index contributed by atoms with van der Waals surface area (Å²) in [6, 6.07) is 16.0. The lowest BCUT2D eigenvalue weighted by Gasteiger charge is -2.11. The molecule has 0 spiro atoms. The minimum atomic E-state index is -3.67. The number of nitrogens with one attached hydrogen (secondary N) is 2. The normalized spacial score (nSPS) is 11.4. The van der Waals surface area contributed by atoms with Gasteiger partial charge in [-0.05, 0) is 81.3 Å². The minimum Gasteiger partial charge on any atom is -0.350 e. The predicted octanol–water partition coefficient (Wildman–Crippen LogP) is 4.79. The average Bonchev–Trinajstić information content (AvgIpc) is 2.71. The standard InChI is InChI=1S/C23H25N3O3S2/c1-15(2)25-23(27)18-7-12-22(24-14-18)30-20-10-8-19(9-11-20)26-31(28,29)21-13-16(3)5-6-17(21)4/h5-15,26H,1-4H3,(H,25,27). The monoisotopic (exact) mass is 455 g/mol. The van der Waals surface area contributed by atoms with Gasteiger partial charge in [0.15, 0.2) is 0 Å². The van der Waals surface area contributed by atoms with Crippen LogP contribution in [0, 0.1) is 13.8 Å². The van der Waals surface area contributed by atoms with Crippen molar-refractivity contribution in [3.05, 3.63) is 77.5 Å². The summed E-state index contributed by atoms with van der Waals surface area (Å²) < 4.78 is 28.1. The summed E-state index contributed by atoms with van der Waals surface area (Å²) in [6.45, 7) is 7.45. The van der Waals surface area contributed by atoms with Crippen LogP contribution in [0.1, 0.15) is 35.3 Å². The SMILES string of the molecule is Cc1ccc(C)c(S(=O)(=O)Nc2ccc(Sc3ccc(C(=O)NC(C)C)cn3)cc2)c1. The predicted molar refractivity (Wildman–Crippen MR) is 124 cm³/mol. The first-order chi connectivity index (χ1) is 14.6. The first-order valence-electron chi connectivity index (χ1n) is 9.79. The molecule has 0 bridgehead atoms. The summed E-state index contributed by atoms with van der Waals surface area (Å²) in [5, 5.41) is 3.57. The zero-order valence-electron chi connectivity index (χ0n) is 17.8. The van der Waals surface area contributed by atoms with E-state index >= 15 is 0 Å². The molecule has 3 rings (SSSR count). The maximum Gasteiger partial charge on any atom is 0.262 e. The van der Waals surface area contributed by atoms with E-state index in [1.54, 1.807) is 49.5 Å². The Morgan fingerprint density at radius 1 is 1.00 bits per heavy atom. The van der Waals surface area contributed by atoms with Gasteiger partial charge in [-0.2, -0.15) is 0 Å². The molecular formula is C23H25N3O3S2. The van der Waals surface area contributed by atoms with Gasteiger partial charge in [-0.15, -0.1) is 0 Å². The third-order valence-electron chi connectivity index (χ3n) is 4.38. The molecule has 0 saturated heterocycles. The number of nitrogens with zero attached hydrogens (tertiary/aromatic N) is 1. The van der Waals surface area contributed by atoms with Gasteiger partial charge in [0.2, 0.25) is 0 Å². The summed E-state index contributed by atoms with van der Waals surface area (Å²) in [5.41, 5.74) is 2.58. The average molecular weight is 456 g/mol. The van der Waals surface area contributed by atoms with Crippen molar-refractivity contribution in [1.82, 2.24) is 10.3 Å². The van der Waals surface area contributed by atoms with Crippen molar-refractivity contribution < 1.29 is 13.2 Å². The lowest BCUT2D eigenvalue weighted by molar-refractivity contribution is 0.0942. The molecule has 2 N–H and O–H groups in total. The van der Waals surface area contributed by atoms with E-state index in [2.05, 4.69) is 15.0 Å². The van der Waals surface area contributed by atoms with Crippen LogP contribution in [0.2, 0.25) is 0 Å². The molecule has 1 heterocycles. The number of anilines is 1. The summed E-state index contributed by atoms with van der Waals surface area (Å²) >= 11 is 1.43. The Balaban J connectivity index is 1.68. The Hall–Kier alpha value is -2.84. The highest BCUT2D eigenvalue weighted by molar-refractivity contribution is 7.99. The number of carbonyl (C=O) groups is 1. The van der Waals surface area contributed by atoms with Gasteiger partial charge in [-0.3, -0.25) is 9.52 Å². The number of hydrogen-bond acceptors (Lipinski definition) is 5. The van der Waals surface area contributed by atoms with Crippen LogP contribution < -0.4 is 10.0 Å². The summed E-state index contributed by atoms with van der Waals surface area (Å²) in [4.78, 5) is 17.5. The molecular weight excluding hydrogens is 430 g/mol. The number of amides is 1. The highest BCUT2D eigenvalue weighted by Gasteiger charge is 2.17. The van der Waals surface area contributed by atoms with Crippen molar-refractivity contribution in [3.8, 4) is 0 Å². The maximum atomic E-state index is 12.7. The van der Waals surface area contributed by atoms with Crippen LogP contribution in [0.25, 0.3) is 0 Å². The summed E-state index contributed by atoms with van der Waals surface area (Å²) in [6.07, 6.45) is 1.55. The van der Waals surface area contributed by atoms with E-state index in [1.807, 2.05) is 39.0 Å².